The Labute approximate surface area is 97.1 Å². The summed E-state index contributed by atoms with van der Waals surface area (Å²) < 4.78 is 2.35. The molecule has 1 heterocycles. The van der Waals surface area contributed by atoms with Crippen LogP contribution in [0.25, 0.3) is 10.9 Å². The predicted octanol–water partition coefficient (Wildman–Crippen LogP) is 3.11. The van der Waals surface area contributed by atoms with Crippen molar-refractivity contribution in [2.75, 3.05) is 6.54 Å². The molecule has 0 spiro atoms. The number of para-hydroxylation sites is 1. The molecule has 0 radical (unpaired) electrons. The van der Waals surface area contributed by atoms with Gasteiger partial charge in [-0.15, -0.1) is 0 Å². The van der Waals surface area contributed by atoms with E-state index in [4.69, 9.17) is 5.73 Å². The topological polar surface area (TPSA) is 30.9 Å². The lowest BCUT2D eigenvalue weighted by molar-refractivity contribution is 0.620. The predicted molar refractivity (Wildman–Crippen MR) is 69.7 cm³/mol. The zero-order valence-electron chi connectivity index (χ0n) is 10.1. The van der Waals surface area contributed by atoms with Crippen molar-refractivity contribution < 1.29 is 0 Å². The molecule has 2 nitrogen and oxygen atoms in total. The molecular weight excluding hydrogens is 196 g/mol. The highest BCUT2D eigenvalue weighted by Gasteiger charge is 2.09. The van der Waals surface area contributed by atoms with Gasteiger partial charge in [0.15, 0.2) is 0 Å². The second kappa shape index (κ2) is 4.71. The lowest BCUT2D eigenvalue weighted by Crippen LogP contribution is -2.00. The molecule has 0 aliphatic rings. The van der Waals surface area contributed by atoms with E-state index in [0.29, 0.717) is 6.04 Å². The van der Waals surface area contributed by atoms with Crippen LogP contribution in [0.1, 0.15) is 31.9 Å². The molecule has 0 bridgehead atoms. The molecule has 2 rings (SSSR count). The van der Waals surface area contributed by atoms with E-state index in [9.17, 15) is 0 Å². The van der Waals surface area contributed by atoms with Crippen LogP contribution >= 0.6 is 0 Å². The molecule has 0 aliphatic carbocycles. The third kappa shape index (κ3) is 1.98. The second-order valence-corrected chi connectivity index (χ2v) is 4.56. The number of nitrogens with zero attached hydrogens (tertiary/aromatic N) is 1. The number of aryl methyl sites for hydroxylation is 1. The van der Waals surface area contributed by atoms with Crippen LogP contribution < -0.4 is 5.73 Å². The Morgan fingerprint density at radius 3 is 2.69 bits per heavy atom. The van der Waals surface area contributed by atoms with Gasteiger partial charge >= 0.3 is 0 Å². The molecule has 0 saturated heterocycles. The van der Waals surface area contributed by atoms with E-state index in [2.05, 4.69) is 48.9 Å². The molecular formula is C14H20N2. The van der Waals surface area contributed by atoms with Crippen LogP contribution in [0.4, 0.5) is 0 Å². The first-order valence-corrected chi connectivity index (χ1v) is 6.02. The highest BCUT2D eigenvalue weighted by atomic mass is 15.0. The summed E-state index contributed by atoms with van der Waals surface area (Å²) in [7, 11) is 0. The molecule has 1 aromatic heterocycles. The van der Waals surface area contributed by atoms with Crippen molar-refractivity contribution in [1.82, 2.24) is 4.57 Å². The zero-order chi connectivity index (χ0) is 11.5. The number of hydrogen-bond acceptors (Lipinski definition) is 1. The molecule has 0 aliphatic heterocycles. The maximum absolute atomic E-state index is 5.58. The Balaban J connectivity index is 2.49. The van der Waals surface area contributed by atoms with Crippen LogP contribution in [-0.2, 0) is 6.42 Å². The van der Waals surface area contributed by atoms with Crippen LogP contribution in [0, 0.1) is 0 Å². The fourth-order valence-electron chi connectivity index (χ4n) is 2.20. The van der Waals surface area contributed by atoms with Gasteiger partial charge in [0.05, 0.1) is 0 Å². The molecule has 1 aromatic carbocycles. The maximum Gasteiger partial charge on any atom is 0.0485 e. The number of rotatable bonds is 4. The van der Waals surface area contributed by atoms with Crippen LogP contribution in [0.2, 0.25) is 0 Å². The van der Waals surface area contributed by atoms with Gasteiger partial charge < -0.3 is 10.3 Å². The van der Waals surface area contributed by atoms with Crippen LogP contribution in [0.5, 0.6) is 0 Å². The Kier molecular flexibility index (Phi) is 3.30. The average Bonchev–Trinajstić information content (AvgIpc) is 2.65. The van der Waals surface area contributed by atoms with Gasteiger partial charge in [-0.1, -0.05) is 18.2 Å². The largest absolute Gasteiger partial charge is 0.345 e. The van der Waals surface area contributed by atoms with E-state index in [-0.39, 0.29) is 0 Å². The molecule has 0 unspecified atom stereocenters. The highest BCUT2D eigenvalue weighted by molar-refractivity contribution is 5.84. The van der Waals surface area contributed by atoms with E-state index in [1.54, 1.807) is 0 Å². The summed E-state index contributed by atoms with van der Waals surface area (Å²) >= 11 is 0. The highest BCUT2D eigenvalue weighted by Crippen LogP contribution is 2.25. The van der Waals surface area contributed by atoms with Gasteiger partial charge in [-0.25, -0.2) is 0 Å². The number of nitrogens with two attached hydrogens (primary N) is 1. The molecule has 0 atom stereocenters. The van der Waals surface area contributed by atoms with E-state index >= 15 is 0 Å². The number of aromatic nitrogens is 1. The van der Waals surface area contributed by atoms with Crippen LogP contribution in [0.15, 0.2) is 30.5 Å². The first-order valence-electron chi connectivity index (χ1n) is 6.02. The summed E-state index contributed by atoms with van der Waals surface area (Å²) in [5, 5.41) is 1.38. The fraction of sp³-hybridized carbons (Fsp3) is 0.429. The lowest BCUT2D eigenvalue weighted by Gasteiger charge is -2.08. The van der Waals surface area contributed by atoms with Gasteiger partial charge in [-0.3, -0.25) is 0 Å². The van der Waals surface area contributed by atoms with Crippen LogP contribution in [0.3, 0.4) is 0 Å². The Morgan fingerprint density at radius 1 is 1.25 bits per heavy atom. The van der Waals surface area contributed by atoms with E-state index < -0.39 is 0 Å². The SMILES string of the molecule is CC(C)n1cc(CCCN)c2ccccc21. The summed E-state index contributed by atoms with van der Waals surface area (Å²) in [5.74, 6) is 0. The van der Waals surface area contributed by atoms with E-state index in [0.717, 1.165) is 19.4 Å². The van der Waals surface area contributed by atoms with Crippen molar-refractivity contribution in [3.8, 4) is 0 Å². The molecule has 16 heavy (non-hydrogen) atoms. The average molecular weight is 216 g/mol. The molecule has 2 aromatic rings. The minimum atomic E-state index is 0.511. The number of benzene rings is 1. The van der Waals surface area contributed by atoms with E-state index in [1.165, 1.54) is 16.5 Å². The van der Waals surface area contributed by atoms with Gasteiger partial charge in [-0.2, -0.15) is 0 Å². The Morgan fingerprint density at radius 2 is 2.00 bits per heavy atom. The zero-order valence-corrected chi connectivity index (χ0v) is 10.1. The normalized spacial score (nSPS) is 11.5. The van der Waals surface area contributed by atoms with Crippen molar-refractivity contribution in [1.29, 1.82) is 0 Å². The van der Waals surface area contributed by atoms with Gasteiger partial charge in [-0.05, 0) is 44.9 Å². The van der Waals surface area contributed by atoms with Crippen molar-refractivity contribution >= 4 is 10.9 Å². The minimum absolute atomic E-state index is 0.511. The van der Waals surface area contributed by atoms with Gasteiger partial charge in [0.1, 0.15) is 0 Å². The maximum atomic E-state index is 5.58. The molecule has 2 N–H and O–H groups in total. The van der Waals surface area contributed by atoms with Gasteiger partial charge in [0.2, 0.25) is 0 Å². The smallest absolute Gasteiger partial charge is 0.0485 e. The minimum Gasteiger partial charge on any atom is -0.345 e. The number of hydrogen-bond donors (Lipinski definition) is 1. The Hall–Kier alpha value is -1.28. The summed E-state index contributed by atoms with van der Waals surface area (Å²) in [4.78, 5) is 0. The fourth-order valence-corrected chi connectivity index (χ4v) is 2.20. The molecule has 0 fully saturated rings. The Bertz CT molecular complexity index is 469. The first-order chi connectivity index (χ1) is 7.74. The summed E-state index contributed by atoms with van der Waals surface area (Å²) in [5.41, 5.74) is 8.34. The van der Waals surface area contributed by atoms with Crippen molar-refractivity contribution in [3.63, 3.8) is 0 Å². The molecule has 86 valence electrons. The third-order valence-electron chi connectivity index (χ3n) is 3.03. The monoisotopic (exact) mass is 216 g/mol. The van der Waals surface area contributed by atoms with Gasteiger partial charge in [0.25, 0.3) is 0 Å². The van der Waals surface area contributed by atoms with Crippen molar-refractivity contribution in [2.24, 2.45) is 5.73 Å². The summed E-state index contributed by atoms with van der Waals surface area (Å²) in [6.45, 7) is 5.21. The summed E-state index contributed by atoms with van der Waals surface area (Å²) in [6.07, 6.45) is 4.42. The molecule has 2 heteroatoms. The van der Waals surface area contributed by atoms with Crippen molar-refractivity contribution in [2.45, 2.75) is 32.7 Å². The van der Waals surface area contributed by atoms with Crippen LogP contribution in [-0.4, -0.2) is 11.1 Å². The second-order valence-electron chi connectivity index (χ2n) is 4.56. The molecule has 0 amide bonds. The van der Waals surface area contributed by atoms with E-state index in [1.807, 2.05) is 0 Å². The first kappa shape index (κ1) is 11.2. The lowest BCUT2D eigenvalue weighted by atomic mass is 10.1. The van der Waals surface area contributed by atoms with Crippen molar-refractivity contribution in [3.05, 3.63) is 36.0 Å². The summed E-state index contributed by atoms with van der Waals surface area (Å²) in [6, 6.07) is 9.13. The quantitative estimate of drug-likeness (QED) is 0.836. The number of fused-ring (bicyclic) bond motifs is 1. The molecule has 0 saturated carbocycles. The van der Waals surface area contributed by atoms with Gasteiger partial charge in [0, 0.05) is 23.1 Å². The third-order valence-corrected chi connectivity index (χ3v) is 3.03. The standard InChI is InChI=1S/C14H20N2/c1-11(2)16-10-12(6-5-9-15)13-7-3-4-8-14(13)16/h3-4,7-8,10-11H,5-6,9,15H2,1-2H3.